The maximum Gasteiger partial charge on any atom is 0.227 e. The summed E-state index contributed by atoms with van der Waals surface area (Å²) in [4.78, 5) is 26.5. The summed E-state index contributed by atoms with van der Waals surface area (Å²) in [5.41, 5.74) is 1.70. The number of nitrogens with zero attached hydrogens (tertiary/aromatic N) is 5. The maximum absolute atomic E-state index is 12.6. The number of benzene rings is 1. The van der Waals surface area contributed by atoms with E-state index in [2.05, 4.69) is 20.8 Å². The van der Waals surface area contributed by atoms with Crippen molar-refractivity contribution in [2.24, 2.45) is 11.8 Å². The van der Waals surface area contributed by atoms with E-state index in [-0.39, 0.29) is 23.7 Å². The average Bonchev–Trinajstić information content (AvgIpc) is 3.44. The second kappa shape index (κ2) is 7.69. The van der Waals surface area contributed by atoms with E-state index in [4.69, 9.17) is 0 Å². The molecule has 148 valence electrons. The van der Waals surface area contributed by atoms with Gasteiger partial charge in [0.05, 0.1) is 6.04 Å². The second-order valence-corrected chi connectivity index (χ2v) is 8.00. The van der Waals surface area contributed by atoms with Crippen molar-refractivity contribution in [2.75, 3.05) is 18.4 Å². The molecule has 2 fully saturated rings. The fourth-order valence-corrected chi connectivity index (χ4v) is 3.62. The van der Waals surface area contributed by atoms with Crippen molar-refractivity contribution in [3.8, 4) is 11.4 Å². The largest absolute Gasteiger partial charge is 0.342 e. The van der Waals surface area contributed by atoms with Gasteiger partial charge in [0.25, 0.3) is 0 Å². The van der Waals surface area contributed by atoms with E-state index in [1.54, 1.807) is 0 Å². The number of piperidine rings is 1. The number of tetrazole rings is 1. The predicted molar refractivity (Wildman–Crippen MR) is 104 cm³/mol. The van der Waals surface area contributed by atoms with Crippen molar-refractivity contribution in [1.29, 1.82) is 0 Å². The first-order chi connectivity index (χ1) is 13.5. The van der Waals surface area contributed by atoms with Gasteiger partial charge in [-0.05, 0) is 60.4 Å². The van der Waals surface area contributed by atoms with Gasteiger partial charge in [0.2, 0.25) is 11.8 Å². The Morgan fingerprint density at radius 1 is 1.07 bits per heavy atom. The number of hydrogen-bond acceptors (Lipinski definition) is 5. The summed E-state index contributed by atoms with van der Waals surface area (Å²) in [7, 11) is 0. The highest BCUT2D eigenvalue weighted by atomic mass is 16.2. The smallest absolute Gasteiger partial charge is 0.227 e. The van der Waals surface area contributed by atoms with E-state index in [0.29, 0.717) is 32.0 Å². The molecule has 2 aliphatic rings. The van der Waals surface area contributed by atoms with Crippen LogP contribution in [-0.2, 0) is 9.59 Å². The minimum atomic E-state index is -0.0574. The molecule has 0 bridgehead atoms. The number of rotatable bonds is 5. The van der Waals surface area contributed by atoms with Gasteiger partial charge < -0.3 is 10.2 Å². The Labute approximate surface area is 164 Å². The topological polar surface area (TPSA) is 93.0 Å². The zero-order chi connectivity index (χ0) is 19.7. The number of aromatic nitrogens is 4. The summed E-state index contributed by atoms with van der Waals surface area (Å²) >= 11 is 0. The van der Waals surface area contributed by atoms with E-state index in [9.17, 15) is 9.59 Å². The molecular weight excluding hydrogens is 356 g/mol. The maximum atomic E-state index is 12.6. The molecule has 2 heterocycles. The molecule has 1 saturated heterocycles. The number of likely N-dealkylation sites (tertiary alicyclic amines) is 1. The average molecular weight is 382 g/mol. The Balaban J connectivity index is 1.34. The van der Waals surface area contributed by atoms with Crippen LogP contribution in [0.3, 0.4) is 0 Å². The Hall–Kier alpha value is -2.77. The van der Waals surface area contributed by atoms with Crippen LogP contribution >= 0.6 is 0 Å². The number of carbonyl (C=O) groups excluding carboxylic acids is 2. The molecule has 0 spiro atoms. The molecule has 2 amide bonds. The number of carbonyl (C=O) groups is 2. The highest BCUT2D eigenvalue weighted by Gasteiger charge is 2.29. The van der Waals surface area contributed by atoms with E-state index < -0.39 is 0 Å². The predicted octanol–water partition coefficient (Wildman–Crippen LogP) is 2.51. The van der Waals surface area contributed by atoms with Crippen LogP contribution in [0.5, 0.6) is 0 Å². The summed E-state index contributed by atoms with van der Waals surface area (Å²) < 4.78 is 1.87. The summed E-state index contributed by atoms with van der Waals surface area (Å²) in [6, 6.07) is 8.05. The summed E-state index contributed by atoms with van der Waals surface area (Å²) in [5, 5.41) is 15.0. The molecule has 8 nitrogen and oxygen atoms in total. The van der Waals surface area contributed by atoms with Gasteiger partial charge >= 0.3 is 0 Å². The van der Waals surface area contributed by atoms with Crippen LogP contribution in [0, 0.1) is 11.8 Å². The molecule has 1 aromatic heterocycles. The van der Waals surface area contributed by atoms with Crippen LogP contribution in [0.25, 0.3) is 11.4 Å². The lowest BCUT2D eigenvalue weighted by Gasteiger charge is -2.32. The van der Waals surface area contributed by atoms with Crippen molar-refractivity contribution < 1.29 is 9.59 Å². The van der Waals surface area contributed by atoms with Crippen LogP contribution in [-0.4, -0.2) is 50.0 Å². The van der Waals surface area contributed by atoms with Crippen LogP contribution in [0.1, 0.15) is 45.6 Å². The minimum Gasteiger partial charge on any atom is -0.342 e. The van der Waals surface area contributed by atoms with Gasteiger partial charge in [-0.3, -0.25) is 9.59 Å². The van der Waals surface area contributed by atoms with E-state index in [1.165, 1.54) is 0 Å². The van der Waals surface area contributed by atoms with Gasteiger partial charge in [-0.25, -0.2) is 4.68 Å². The highest BCUT2D eigenvalue weighted by molar-refractivity contribution is 5.93. The van der Waals surface area contributed by atoms with Gasteiger partial charge in [-0.1, -0.05) is 13.8 Å². The zero-order valence-electron chi connectivity index (χ0n) is 16.3. The van der Waals surface area contributed by atoms with Gasteiger partial charge in [-0.2, -0.15) is 0 Å². The van der Waals surface area contributed by atoms with Crippen molar-refractivity contribution in [3.05, 3.63) is 24.3 Å². The van der Waals surface area contributed by atoms with Crippen molar-refractivity contribution >= 4 is 17.5 Å². The normalized spacial score (nSPS) is 17.8. The second-order valence-electron chi connectivity index (χ2n) is 8.00. The first kappa shape index (κ1) is 18.6. The van der Waals surface area contributed by atoms with Crippen LogP contribution in [0.4, 0.5) is 5.69 Å². The van der Waals surface area contributed by atoms with E-state index in [1.807, 2.05) is 47.7 Å². The van der Waals surface area contributed by atoms with Crippen LogP contribution in [0.15, 0.2) is 24.3 Å². The molecule has 1 N–H and O–H groups in total. The van der Waals surface area contributed by atoms with E-state index >= 15 is 0 Å². The molecule has 1 aliphatic heterocycles. The number of amides is 2. The van der Waals surface area contributed by atoms with Gasteiger partial charge in [-0.15, -0.1) is 5.10 Å². The summed E-state index contributed by atoms with van der Waals surface area (Å²) in [6.07, 6.45) is 3.65. The molecule has 1 aromatic carbocycles. The summed E-state index contributed by atoms with van der Waals surface area (Å²) in [5.74, 6) is 0.903. The molecule has 8 heteroatoms. The molecule has 4 rings (SSSR count). The first-order valence-corrected chi connectivity index (χ1v) is 10.0. The molecule has 1 saturated carbocycles. The van der Waals surface area contributed by atoms with E-state index in [0.717, 1.165) is 29.9 Å². The van der Waals surface area contributed by atoms with Crippen molar-refractivity contribution in [3.63, 3.8) is 0 Å². The molecule has 2 aromatic rings. The minimum absolute atomic E-state index is 0.00445. The number of hydrogen-bond donors (Lipinski definition) is 1. The Bertz CT molecular complexity index is 848. The zero-order valence-corrected chi connectivity index (χ0v) is 16.3. The van der Waals surface area contributed by atoms with Crippen LogP contribution in [0.2, 0.25) is 0 Å². The SMILES string of the molecule is CC(C)C(=O)N1CCC(C(=O)Nc2ccc(-c3nnnn3C3CC3)cc2)CC1. The Morgan fingerprint density at radius 2 is 1.75 bits per heavy atom. The van der Waals surface area contributed by atoms with Gasteiger partial charge in [0, 0.05) is 36.2 Å². The molecule has 0 unspecified atom stereocenters. The molecule has 0 radical (unpaired) electrons. The first-order valence-electron chi connectivity index (χ1n) is 10.0. The lowest BCUT2D eigenvalue weighted by atomic mass is 9.95. The lowest BCUT2D eigenvalue weighted by Crippen LogP contribution is -2.43. The fourth-order valence-electron chi connectivity index (χ4n) is 3.62. The fraction of sp³-hybridized carbons (Fsp3) is 0.550. The van der Waals surface area contributed by atoms with Crippen molar-refractivity contribution in [2.45, 2.75) is 45.6 Å². The molecule has 1 aliphatic carbocycles. The quantitative estimate of drug-likeness (QED) is 0.858. The monoisotopic (exact) mass is 382 g/mol. The third kappa shape index (κ3) is 3.90. The third-order valence-electron chi connectivity index (χ3n) is 5.47. The molecule has 0 atom stereocenters. The van der Waals surface area contributed by atoms with Gasteiger partial charge in [0.1, 0.15) is 0 Å². The third-order valence-corrected chi connectivity index (χ3v) is 5.47. The standard InChI is InChI=1S/C20H26N6O2/c1-13(2)20(28)25-11-9-15(10-12-25)19(27)21-16-5-3-14(4-6-16)18-22-23-24-26(18)17-7-8-17/h3-6,13,15,17H,7-12H2,1-2H3,(H,21,27). The summed E-state index contributed by atoms with van der Waals surface area (Å²) in [6.45, 7) is 5.12. The Kier molecular flexibility index (Phi) is 5.11. The Morgan fingerprint density at radius 3 is 2.36 bits per heavy atom. The van der Waals surface area contributed by atoms with Gasteiger partial charge in [0.15, 0.2) is 5.82 Å². The number of nitrogens with one attached hydrogen (secondary N) is 1. The molecular formula is C20H26N6O2. The molecule has 28 heavy (non-hydrogen) atoms. The van der Waals surface area contributed by atoms with Crippen molar-refractivity contribution in [1.82, 2.24) is 25.1 Å². The lowest BCUT2D eigenvalue weighted by molar-refractivity contribution is -0.137. The van der Waals surface area contributed by atoms with Crippen LogP contribution < -0.4 is 5.32 Å². The highest BCUT2D eigenvalue weighted by Crippen LogP contribution is 2.36. The number of anilines is 1.